The molecule has 0 aromatic heterocycles. The van der Waals surface area contributed by atoms with Crippen LogP contribution in [0.15, 0.2) is 76.6 Å². The van der Waals surface area contributed by atoms with Crippen LogP contribution in [0.1, 0.15) is 18.1 Å². The lowest BCUT2D eigenvalue weighted by molar-refractivity contribution is -0.112. The van der Waals surface area contributed by atoms with Crippen LogP contribution in [0.2, 0.25) is 0 Å². The number of nitrogens with one attached hydrogen (secondary N) is 1. The van der Waals surface area contributed by atoms with Crippen molar-refractivity contribution in [1.82, 2.24) is 0 Å². The first-order valence-electron chi connectivity index (χ1n) is 8.62. The minimum Gasteiger partial charge on any atom is -0.505 e. The highest BCUT2D eigenvalue weighted by Gasteiger charge is 2.24. The maximum atomic E-state index is 12.5. The summed E-state index contributed by atoms with van der Waals surface area (Å²) in [6, 6.07) is 14.9. The molecule has 6 N–H and O–H groups in total. The Kier molecular flexibility index (Phi) is 5.49. The second-order valence-electron chi connectivity index (χ2n) is 6.25. The quantitative estimate of drug-likeness (QED) is 0.610. The van der Waals surface area contributed by atoms with Gasteiger partial charge in [-0.1, -0.05) is 24.3 Å². The molecule has 0 aliphatic heterocycles. The van der Waals surface area contributed by atoms with Gasteiger partial charge >= 0.3 is 0 Å². The summed E-state index contributed by atoms with van der Waals surface area (Å²) in [5.74, 6) is -0.389. The summed E-state index contributed by atoms with van der Waals surface area (Å²) in [5.41, 5.74) is 15.6. The zero-order valence-corrected chi connectivity index (χ0v) is 15.1. The van der Waals surface area contributed by atoms with Crippen LogP contribution in [0, 0.1) is 0 Å². The number of carbonyl (C=O) groups is 1. The van der Waals surface area contributed by atoms with Crippen LogP contribution < -0.4 is 16.8 Å². The number of aliphatic hydroxyl groups excluding tert-OH is 1. The number of hydrogen-bond donors (Lipinski definition) is 4. The van der Waals surface area contributed by atoms with Crippen molar-refractivity contribution in [2.75, 3.05) is 5.32 Å². The highest BCUT2D eigenvalue weighted by Crippen LogP contribution is 2.23. The average Bonchev–Trinajstić information content (AvgIpc) is 2.71. The molecule has 0 bridgehead atoms. The summed E-state index contributed by atoms with van der Waals surface area (Å²) in [6.45, 7) is 2.49. The monoisotopic (exact) mass is 362 g/mol. The molecule has 0 saturated heterocycles. The second kappa shape index (κ2) is 7.99. The van der Waals surface area contributed by atoms with E-state index in [0.717, 1.165) is 16.8 Å². The number of ketones is 1. The zero-order valence-electron chi connectivity index (χ0n) is 15.1. The Balaban J connectivity index is 1.91. The van der Waals surface area contributed by atoms with E-state index >= 15 is 0 Å². The van der Waals surface area contributed by atoms with Gasteiger partial charge in [-0.05, 0) is 48.4 Å². The zero-order chi connectivity index (χ0) is 19.4. The van der Waals surface area contributed by atoms with E-state index in [1.165, 1.54) is 0 Å². The minimum atomic E-state index is -0.271. The third-order valence-electron chi connectivity index (χ3n) is 4.35. The average molecular weight is 362 g/mol. The van der Waals surface area contributed by atoms with Crippen molar-refractivity contribution < 1.29 is 9.90 Å². The Morgan fingerprint density at radius 3 is 2.07 bits per heavy atom. The molecule has 27 heavy (non-hydrogen) atoms. The van der Waals surface area contributed by atoms with Crippen LogP contribution in [-0.2, 0) is 17.9 Å². The molecule has 0 amide bonds. The summed E-state index contributed by atoms with van der Waals surface area (Å²) in [4.78, 5) is 17.0. The van der Waals surface area contributed by atoms with E-state index in [4.69, 9.17) is 11.5 Å². The SMILES string of the molecule is CC1=C(O)C(=Nc2ccc(CN)cc2)C=C(Nc2ccc(CN)cc2)C1=O. The largest absolute Gasteiger partial charge is 0.505 e. The lowest BCUT2D eigenvalue weighted by atomic mass is 9.99. The summed E-state index contributed by atoms with van der Waals surface area (Å²) >= 11 is 0. The molecule has 0 unspecified atom stereocenters. The van der Waals surface area contributed by atoms with E-state index in [9.17, 15) is 9.90 Å². The smallest absolute Gasteiger partial charge is 0.208 e. The van der Waals surface area contributed by atoms with Crippen LogP contribution >= 0.6 is 0 Å². The van der Waals surface area contributed by atoms with Gasteiger partial charge in [0.25, 0.3) is 0 Å². The molecule has 3 rings (SSSR count). The number of nitrogens with zero attached hydrogens (tertiary/aromatic N) is 1. The summed E-state index contributed by atoms with van der Waals surface area (Å²) < 4.78 is 0. The van der Waals surface area contributed by atoms with E-state index in [1.54, 1.807) is 13.0 Å². The molecule has 0 fully saturated rings. The number of nitrogens with two attached hydrogens (primary N) is 2. The topological polar surface area (TPSA) is 114 Å². The number of hydrogen-bond acceptors (Lipinski definition) is 6. The maximum Gasteiger partial charge on any atom is 0.208 e. The third kappa shape index (κ3) is 4.13. The molecule has 6 nitrogen and oxygen atoms in total. The van der Waals surface area contributed by atoms with Gasteiger partial charge in [0.1, 0.15) is 11.5 Å². The highest BCUT2D eigenvalue weighted by molar-refractivity contribution is 6.24. The third-order valence-corrected chi connectivity index (χ3v) is 4.35. The van der Waals surface area contributed by atoms with Crippen LogP contribution in [0.4, 0.5) is 11.4 Å². The number of allylic oxidation sites excluding steroid dienone is 2. The lowest BCUT2D eigenvalue weighted by Crippen LogP contribution is -2.22. The van der Waals surface area contributed by atoms with Crippen molar-refractivity contribution in [2.24, 2.45) is 16.5 Å². The Morgan fingerprint density at radius 2 is 1.52 bits per heavy atom. The fourth-order valence-electron chi connectivity index (χ4n) is 2.68. The molecule has 2 aromatic carbocycles. The van der Waals surface area contributed by atoms with Crippen molar-refractivity contribution in [3.63, 3.8) is 0 Å². The van der Waals surface area contributed by atoms with Crippen LogP contribution in [0.25, 0.3) is 0 Å². The second-order valence-corrected chi connectivity index (χ2v) is 6.25. The molecule has 6 heteroatoms. The molecule has 2 aromatic rings. The molecule has 138 valence electrons. The number of aliphatic hydroxyl groups is 1. The van der Waals surface area contributed by atoms with Crippen LogP contribution in [0.3, 0.4) is 0 Å². The highest BCUT2D eigenvalue weighted by atomic mass is 16.3. The lowest BCUT2D eigenvalue weighted by Gasteiger charge is -2.17. The molecule has 1 aliphatic rings. The fourth-order valence-corrected chi connectivity index (χ4v) is 2.68. The van der Waals surface area contributed by atoms with Crippen molar-refractivity contribution >= 4 is 22.9 Å². The van der Waals surface area contributed by atoms with Gasteiger partial charge < -0.3 is 21.9 Å². The van der Waals surface area contributed by atoms with Gasteiger partial charge in [-0.15, -0.1) is 0 Å². The number of Topliss-reactive ketones (excluding diaryl/α,β-unsaturated/α-hetero) is 1. The molecule has 0 saturated carbocycles. The predicted octanol–water partition coefficient (Wildman–Crippen LogP) is 3.09. The summed E-state index contributed by atoms with van der Waals surface area (Å²) in [5, 5.41) is 13.4. The van der Waals surface area contributed by atoms with Gasteiger partial charge in [-0.3, -0.25) is 4.79 Å². The Hall–Kier alpha value is -3.22. The summed E-state index contributed by atoms with van der Waals surface area (Å²) in [6.07, 6.45) is 1.55. The van der Waals surface area contributed by atoms with Gasteiger partial charge in [0, 0.05) is 24.4 Å². The Labute approximate surface area is 157 Å². The number of carbonyl (C=O) groups excluding carboxylic acids is 1. The molecular formula is C21H22N4O2. The predicted molar refractivity (Wildman–Crippen MR) is 108 cm³/mol. The van der Waals surface area contributed by atoms with Crippen molar-refractivity contribution in [3.8, 4) is 0 Å². The van der Waals surface area contributed by atoms with Crippen molar-refractivity contribution in [1.29, 1.82) is 0 Å². The minimum absolute atomic E-state index is 0.119. The first-order chi connectivity index (χ1) is 13.0. The molecule has 0 spiro atoms. The van der Waals surface area contributed by atoms with E-state index in [0.29, 0.717) is 30.2 Å². The first-order valence-corrected chi connectivity index (χ1v) is 8.62. The Morgan fingerprint density at radius 1 is 0.963 bits per heavy atom. The standard InChI is InChI=1S/C21H22N4O2/c1-13-20(26)18(24-16-6-2-14(11-22)3-7-16)10-19(21(13)27)25-17-8-4-15(12-23)5-9-17/h2-10,24,27H,11-12,22-23H2,1H3. The van der Waals surface area contributed by atoms with Gasteiger partial charge in [0.2, 0.25) is 5.78 Å². The number of benzene rings is 2. The molecule has 0 radical (unpaired) electrons. The van der Waals surface area contributed by atoms with Crippen molar-refractivity contribution in [2.45, 2.75) is 20.0 Å². The number of aliphatic imine (C=N–C) groups is 1. The summed E-state index contributed by atoms with van der Waals surface area (Å²) in [7, 11) is 0. The number of rotatable bonds is 5. The molecule has 1 aliphatic carbocycles. The van der Waals surface area contributed by atoms with E-state index in [2.05, 4.69) is 10.3 Å². The van der Waals surface area contributed by atoms with Gasteiger partial charge in [0.15, 0.2) is 0 Å². The number of anilines is 1. The normalized spacial score (nSPS) is 15.9. The Bertz CT molecular complexity index is 939. The molecule has 0 atom stereocenters. The van der Waals surface area contributed by atoms with Gasteiger partial charge in [-0.2, -0.15) is 0 Å². The van der Waals surface area contributed by atoms with Crippen LogP contribution in [-0.4, -0.2) is 16.6 Å². The molecular weight excluding hydrogens is 340 g/mol. The maximum absolute atomic E-state index is 12.5. The first kappa shape index (κ1) is 18.6. The van der Waals surface area contributed by atoms with Gasteiger partial charge in [0.05, 0.1) is 11.4 Å². The fraction of sp³-hybridized carbons (Fsp3) is 0.143. The molecule has 0 heterocycles. The van der Waals surface area contributed by atoms with E-state index in [1.807, 2.05) is 48.5 Å². The van der Waals surface area contributed by atoms with E-state index < -0.39 is 0 Å². The van der Waals surface area contributed by atoms with E-state index in [-0.39, 0.29) is 17.1 Å². The van der Waals surface area contributed by atoms with Crippen LogP contribution in [0.5, 0.6) is 0 Å². The van der Waals surface area contributed by atoms with Crippen molar-refractivity contribution in [3.05, 3.63) is 82.8 Å². The van der Waals surface area contributed by atoms with Gasteiger partial charge in [-0.25, -0.2) is 4.99 Å².